The summed E-state index contributed by atoms with van der Waals surface area (Å²) in [5, 5.41) is 5.20. The van der Waals surface area contributed by atoms with Gasteiger partial charge in [0.2, 0.25) is 0 Å². The fourth-order valence-corrected chi connectivity index (χ4v) is 3.40. The number of nitrogens with zero attached hydrogens (tertiary/aromatic N) is 1. The van der Waals surface area contributed by atoms with E-state index in [0.717, 1.165) is 23.9 Å². The summed E-state index contributed by atoms with van der Waals surface area (Å²) in [5.41, 5.74) is 1.30. The molecule has 0 radical (unpaired) electrons. The van der Waals surface area contributed by atoms with Gasteiger partial charge in [0.1, 0.15) is 5.75 Å². The van der Waals surface area contributed by atoms with Crippen molar-refractivity contribution in [2.45, 2.75) is 38.0 Å². The molecule has 0 aliphatic carbocycles. The van der Waals surface area contributed by atoms with Crippen molar-refractivity contribution in [3.8, 4) is 5.75 Å². The molecule has 0 saturated carbocycles. The van der Waals surface area contributed by atoms with Gasteiger partial charge in [0.25, 0.3) is 0 Å². The van der Waals surface area contributed by atoms with Gasteiger partial charge in [-0.05, 0) is 37.5 Å². The molecule has 2 unspecified atom stereocenters. The number of nitrogens with one attached hydrogen (secondary N) is 1. The fourth-order valence-electron chi connectivity index (χ4n) is 2.20. The molecule has 3 nitrogen and oxygen atoms in total. The molecule has 1 aromatic rings. The Balaban J connectivity index is 1.84. The lowest BCUT2D eigenvalue weighted by molar-refractivity contribution is 0.414. The minimum absolute atomic E-state index is 0.538. The molecule has 1 aromatic carbocycles. The van der Waals surface area contributed by atoms with Gasteiger partial charge in [-0.1, -0.05) is 30.8 Å². The van der Waals surface area contributed by atoms with Crippen LogP contribution in [0.15, 0.2) is 29.3 Å². The third-order valence-corrected chi connectivity index (χ3v) is 4.25. The van der Waals surface area contributed by atoms with Crippen LogP contribution in [0.1, 0.15) is 25.8 Å². The van der Waals surface area contributed by atoms with Crippen molar-refractivity contribution < 1.29 is 4.74 Å². The molecule has 2 atom stereocenters. The van der Waals surface area contributed by atoms with Crippen molar-refractivity contribution >= 4 is 16.9 Å². The van der Waals surface area contributed by atoms with Crippen LogP contribution in [-0.4, -0.2) is 30.1 Å². The molecule has 1 fully saturated rings. The number of thioether (sulfide) groups is 1. The molecule has 1 N–H and O–H groups in total. The van der Waals surface area contributed by atoms with E-state index < -0.39 is 0 Å². The van der Waals surface area contributed by atoms with Crippen LogP contribution < -0.4 is 10.1 Å². The molecular weight excluding hydrogens is 256 g/mol. The van der Waals surface area contributed by atoms with E-state index in [2.05, 4.69) is 36.3 Å². The summed E-state index contributed by atoms with van der Waals surface area (Å²) in [6, 6.07) is 8.74. The number of hydrogen-bond donors (Lipinski definition) is 1. The lowest BCUT2D eigenvalue weighted by atomic mass is 10.1. The summed E-state index contributed by atoms with van der Waals surface area (Å²) >= 11 is 1.85. The van der Waals surface area contributed by atoms with Crippen LogP contribution in [-0.2, 0) is 6.42 Å². The molecule has 1 saturated heterocycles. The molecule has 1 heterocycles. The van der Waals surface area contributed by atoms with Crippen LogP contribution in [0.25, 0.3) is 0 Å². The zero-order valence-corrected chi connectivity index (χ0v) is 12.7. The Bertz CT molecular complexity index is 418. The Morgan fingerprint density at radius 3 is 2.68 bits per heavy atom. The monoisotopic (exact) mass is 278 g/mol. The van der Waals surface area contributed by atoms with Crippen molar-refractivity contribution in [1.82, 2.24) is 5.32 Å². The van der Waals surface area contributed by atoms with Crippen molar-refractivity contribution in [1.29, 1.82) is 0 Å². The Hall–Kier alpha value is -1.16. The van der Waals surface area contributed by atoms with Gasteiger partial charge in [0.05, 0.1) is 7.11 Å². The Morgan fingerprint density at radius 2 is 2.05 bits per heavy atom. The van der Waals surface area contributed by atoms with E-state index >= 15 is 0 Å². The number of ether oxygens (including phenoxy) is 1. The van der Waals surface area contributed by atoms with Gasteiger partial charge in [0, 0.05) is 17.8 Å². The number of rotatable bonds is 4. The summed E-state index contributed by atoms with van der Waals surface area (Å²) in [7, 11) is 1.69. The molecule has 0 amide bonds. The van der Waals surface area contributed by atoms with Gasteiger partial charge in [-0.2, -0.15) is 0 Å². The molecule has 1 aliphatic rings. The molecular formula is C15H22N2OS. The number of amidine groups is 1. The summed E-state index contributed by atoms with van der Waals surface area (Å²) < 4.78 is 5.15. The smallest absolute Gasteiger partial charge is 0.157 e. The fraction of sp³-hybridized carbons (Fsp3) is 0.533. The highest BCUT2D eigenvalue weighted by Crippen LogP contribution is 2.22. The standard InChI is InChI=1S/C15H22N2OS/c1-11-10-12(2)19-15(17-11)16-9-8-13-4-6-14(18-3)7-5-13/h4-7,11-12H,8-10H2,1-3H3,(H,16,17). The second kappa shape index (κ2) is 6.85. The molecule has 0 bridgehead atoms. The number of aliphatic imine (C=N–C) groups is 1. The lowest BCUT2D eigenvalue weighted by Gasteiger charge is -2.26. The predicted octanol–water partition coefficient (Wildman–Crippen LogP) is 3.10. The van der Waals surface area contributed by atoms with Crippen molar-refractivity contribution in [2.75, 3.05) is 13.7 Å². The highest BCUT2D eigenvalue weighted by atomic mass is 32.2. The zero-order valence-electron chi connectivity index (χ0n) is 11.8. The first-order valence-corrected chi connectivity index (χ1v) is 7.66. The highest BCUT2D eigenvalue weighted by Gasteiger charge is 2.19. The van der Waals surface area contributed by atoms with Gasteiger partial charge < -0.3 is 10.1 Å². The number of methoxy groups -OCH3 is 1. The molecule has 0 aromatic heterocycles. The van der Waals surface area contributed by atoms with Gasteiger partial charge >= 0.3 is 0 Å². The average molecular weight is 278 g/mol. The molecule has 4 heteroatoms. The van der Waals surface area contributed by atoms with E-state index in [1.807, 2.05) is 23.9 Å². The van der Waals surface area contributed by atoms with Gasteiger partial charge in [-0.15, -0.1) is 0 Å². The third-order valence-electron chi connectivity index (χ3n) is 3.18. The van der Waals surface area contributed by atoms with Gasteiger partial charge in [0.15, 0.2) is 5.17 Å². The minimum atomic E-state index is 0.538. The summed E-state index contributed by atoms with van der Waals surface area (Å²) in [6.07, 6.45) is 2.18. The van der Waals surface area contributed by atoms with E-state index in [-0.39, 0.29) is 0 Å². The zero-order chi connectivity index (χ0) is 13.7. The second-order valence-electron chi connectivity index (χ2n) is 4.99. The van der Waals surface area contributed by atoms with E-state index in [1.54, 1.807) is 7.11 Å². The van der Waals surface area contributed by atoms with Crippen LogP contribution in [0, 0.1) is 0 Å². The van der Waals surface area contributed by atoms with Crippen molar-refractivity contribution in [2.24, 2.45) is 4.99 Å². The Labute approximate surface area is 119 Å². The van der Waals surface area contributed by atoms with Crippen LogP contribution in [0.2, 0.25) is 0 Å². The quantitative estimate of drug-likeness (QED) is 0.919. The summed E-state index contributed by atoms with van der Waals surface area (Å²) in [6.45, 7) is 5.32. The first-order chi connectivity index (χ1) is 9.17. The average Bonchev–Trinajstić information content (AvgIpc) is 2.38. The Kier molecular flexibility index (Phi) is 5.14. The molecule has 2 rings (SSSR count). The van der Waals surface area contributed by atoms with E-state index in [9.17, 15) is 0 Å². The molecule has 0 spiro atoms. The van der Waals surface area contributed by atoms with Gasteiger partial charge in [-0.3, -0.25) is 4.99 Å². The first-order valence-electron chi connectivity index (χ1n) is 6.78. The van der Waals surface area contributed by atoms with Crippen molar-refractivity contribution in [3.63, 3.8) is 0 Å². The summed E-state index contributed by atoms with van der Waals surface area (Å²) in [5.74, 6) is 0.905. The maximum atomic E-state index is 5.15. The summed E-state index contributed by atoms with van der Waals surface area (Å²) in [4.78, 5) is 4.66. The second-order valence-corrected chi connectivity index (χ2v) is 6.42. The van der Waals surface area contributed by atoms with E-state index in [0.29, 0.717) is 11.3 Å². The lowest BCUT2D eigenvalue weighted by Crippen LogP contribution is -2.38. The largest absolute Gasteiger partial charge is 0.497 e. The van der Waals surface area contributed by atoms with Crippen LogP contribution in [0.4, 0.5) is 0 Å². The maximum Gasteiger partial charge on any atom is 0.157 e. The van der Waals surface area contributed by atoms with Crippen LogP contribution in [0.3, 0.4) is 0 Å². The minimum Gasteiger partial charge on any atom is -0.497 e. The normalized spacial score (nSPS) is 25.1. The number of benzene rings is 1. The van der Waals surface area contributed by atoms with E-state index in [4.69, 9.17) is 4.74 Å². The predicted molar refractivity (Wildman–Crippen MR) is 83.3 cm³/mol. The SMILES string of the molecule is COc1ccc(CCN=C2NC(C)CC(C)S2)cc1. The molecule has 104 valence electrons. The Morgan fingerprint density at radius 1 is 1.32 bits per heavy atom. The van der Waals surface area contributed by atoms with Gasteiger partial charge in [-0.25, -0.2) is 0 Å². The third kappa shape index (κ3) is 4.46. The highest BCUT2D eigenvalue weighted by molar-refractivity contribution is 8.14. The topological polar surface area (TPSA) is 33.6 Å². The van der Waals surface area contributed by atoms with Crippen LogP contribution >= 0.6 is 11.8 Å². The van der Waals surface area contributed by atoms with Crippen LogP contribution in [0.5, 0.6) is 5.75 Å². The van der Waals surface area contributed by atoms with E-state index in [1.165, 1.54) is 12.0 Å². The molecule has 19 heavy (non-hydrogen) atoms. The number of hydrogen-bond acceptors (Lipinski definition) is 3. The molecule has 1 aliphatic heterocycles. The first kappa shape index (κ1) is 14.3. The van der Waals surface area contributed by atoms with Crippen molar-refractivity contribution in [3.05, 3.63) is 29.8 Å². The maximum absolute atomic E-state index is 5.15.